The number of carbonyl (C=O) groups excluding carboxylic acids is 2. The number of sulfonamides is 1. The molecule has 0 spiro atoms. The fourth-order valence-electron chi connectivity index (χ4n) is 2.31. The third-order valence-electron chi connectivity index (χ3n) is 4.06. The van der Waals surface area contributed by atoms with Crippen molar-refractivity contribution in [2.75, 3.05) is 20.2 Å². The number of nitrogens with zero attached hydrogens (tertiary/aromatic N) is 1. The highest BCUT2D eigenvalue weighted by molar-refractivity contribution is 7.89. The third kappa shape index (κ3) is 6.88. The SMILES string of the molecule is Cc1ccc(OCCC(=O)NNC(=O)CN(C)S(=O)(=O)c2ccc(C)cc2)cc1. The van der Waals surface area contributed by atoms with Crippen LogP contribution in [0.4, 0.5) is 0 Å². The van der Waals surface area contributed by atoms with Crippen molar-refractivity contribution in [1.29, 1.82) is 0 Å². The number of carbonyl (C=O) groups is 2. The number of hydrogen-bond acceptors (Lipinski definition) is 5. The van der Waals surface area contributed by atoms with Gasteiger partial charge in [-0.3, -0.25) is 20.4 Å². The van der Waals surface area contributed by atoms with Crippen LogP contribution in [0.5, 0.6) is 5.75 Å². The molecular weight excluding hydrogens is 394 g/mol. The smallest absolute Gasteiger partial charge is 0.253 e. The van der Waals surface area contributed by atoms with Crippen molar-refractivity contribution in [3.05, 3.63) is 59.7 Å². The van der Waals surface area contributed by atoms with Crippen molar-refractivity contribution < 1.29 is 22.7 Å². The average Bonchev–Trinajstić information content (AvgIpc) is 2.68. The van der Waals surface area contributed by atoms with Crippen LogP contribution in [0.2, 0.25) is 0 Å². The van der Waals surface area contributed by atoms with Crippen LogP contribution < -0.4 is 15.6 Å². The maximum absolute atomic E-state index is 12.5. The molecule has 2 amide bonds. The monoisotopic (exact) mass is 419 g/mol. The van der Waals surface area contributed by atoms with Gasteiger partial charge in [0.05, 0.1) is 24.5 Å². The molecule has 0 saturated heterocycles. The maximum Gasteiger partial charge on any atom is 0.253 e. The predicted octanol–water partition coefficient (Wildman–Crippen LogP) is 1.54. The van der Waals surface area contributed by atoms with Crippen LogP contribution in [-0.2, 0) is 19.6 Å². The minimum atomic E-state index is -3.80. The molecule has 2 N–H and O–H groups in total. The number of amides is 2. The highest BCUT2D eigenvalue weighted by atomic mass is 32.2. The van der Waals surface area contributed by atoms with E-state index in [1.54, 1.807) is 24.3 Å². The van der Waals surface area contributed by atoms with Gasteiger partial charge in [0, 0.05) is 7.05 Å². The quantitative estimate of drug-likeness (QED) is 0.632. The van der Waals surface area contributed by atoms with Crippen molar-refractivity contribution in [1.82, 2.24) is 15.2 Å². The second-order valence-corrected chi connectivity index (χ2v) is 8.63. The molecule has 2 rings (SSSR count). The van der Waals surface area contributed by atoms with Crippen LogP contribution in [0.25, 0.3) is 0 Å². The van der Waals surface area contributed by atoms with Gasteiger partial charge in [-0.05, 0) is 38.1 Å². The molecule has 0 unspecified atom stereocenters. The van der Waals surface area contributed by atoms with Gasteiger partial charge in [-0.15, -0.1) is 0 Å². The van der Waals surface area contributed by atoms with Crippen LogP contribution in [0.3, 0.4) is 0 Å². The van der Waals surface area contributed by atoms with Crippen molar-refractivity contribution >= 4 is 21.8 Å². The van der Waals surface area contributed by atoms with Gasteiger partial charge in [-0.25, -0.2) is 8.42 Å². The van der Waals surface area contributed by atoms with Crippen molar-refractivity contribution in [3.8, 4) is 5.75 Å². The van der Waals surface area contributed by atoms with Crippen molar-refractivity contribution in [2.45, 2.75) is 25.2 Å². The highest BCUT2D eigenvalue weighted by Gasteiger charge is 2.22. The Morgan fingerprint density at radius 1 is 0.897 bits per heavy atom. The summed E-state index contributed by atoms with van der Waals surface area (Å²) in [4.78, 5) is 23.8. The number of hydrazine groups is 1. The normalized spacial score (nSPS) is 11.2. The molecule has 29 heavy (non-hydrogen) atoms. The minimum Gasteiger partial charge on any atom is -0.493 e. The molecule has 0 aliphatic heterocycles. The maximum atomic E-state index is 12.5. The van der Waals surface area contributed by atoms with Gasteiger partial charge < -0.3 is 4.74 Å². The Balaban J connectivity index is 1.74. The fraction of sp³-hybridized carbons (Fsp3) is 0.300. The predicted molar refractivity (Wildman–Crippen MR) is 109 cm³/mol. The van der Waals surface area contributed by atoms with Crippen LogP contribution in [-0.4, -0.2) is 44.7 Å². The summed E-state index contributed by atoms with van der Waals surface area (Å²) in [5.41, 5.74) is 6.48. The molecule has 0 aliphatic carbocycles. The summed E-state index contributed by atoms with van der Waals surface area (Å²) >= 11 is 0. The lowest BCUT2D eigenvalue weighted by atomic mass is 10.2. The molecule has 2 aromatic rings. The van der Waals surface area contributed by atoms with E-state index < -0.39 is 28.4 Å². The number of ether oxygens (including phenoxy) is 1. The molecule has 0 bridgehead atoms. The average molecular weight is 420 g/mol. The number of nitrogens with one attached hydrogen (secondary N) is 2. The van der Waals surface area contributed by atoms with E-state index in [1.807, 2.05) is 26.0 Å². The first-order valence-electron chi connectivity index (χ1n) is 8.98. The van der Waals surface area contributed by atoms with Crippen LogP contribution in [0.15, 0.2) is 53.4 Å². The van der Waals surface area contributed by atoms with Crippen LogP contribution >= 0.6 is 0 Å². The highest BCUT2D eigenvalue weighted by Crippen LogP contribution is 2.14. The number of benzene rings is 2. The fourth-order valence-corrected chi connectivity index (χ4v) is 3.44. The first-order chi connectivity index (χ1) is 13.7. The Morgan fingerprint density at radius 2 is 1.41 bits per heavy atom. The summed E-state index contributed by atoms with van der Waals surface area (Å²) in [5.74, 6) is -0.458. The minimum absolute atomic E-state index is 0.0334. The Kier molecular flexibility index (Phi) is 7.74. The zero-order valence-electron chi connectivity index (χ0n) is 16.6. The zero-order valence-corrected chi connectivity index (χ0v) is 17.5. The molecule has 156 valence electrons. The second kappa shape index (κ2) is 10.0. The Bertz CT molecular complexity index is 941. The summed E-state index contributed by atoms with van der Waals surface area (Å²) < 4.78 is 31.3. The molecule has 0 aliphatic rings. The summed E-state index contributed by atoms with van der Waals surface area (Å²) in [5, 5.41) is 0. The molecule has 0 aromatic heterocycles. The van der Waals surface area contributed by atoms with E-state index in [0.29, 0.717) is 5.75 Å². The lowest BCUT2D eigenvalue weighted by molar-refractivity contribution is -0.129. The number of aryl methyl sites for hydroxylation is 2. The molecule has 0 fully saturated rings. The van der Waals surface area contributed by atoms with E-state index in [0.717, 1.165) is 15.4 Å². The number of hydrogen-bond donors (Lipinski definition) is 2. The van der Waals surface area contributed by atoms with Crippen molar-refractivity contribution in [2.24, 2.45) is 0 Å². The first-order valence-corrected chi connectivity index (χ1v) is 10.4. The van der Waals surface area contributed by atoms with E-state index in [-0.39, 0.29) is 17.9 Å². The van der Waals surface area contributed by atoms with E-state index in [2.05, 4.69) is 10.9 Å². The van der Waals surface area contributed by atoms with E-state index >= 15 is 0 Å². The van der Waals surface area contributed by atoms with Gasteiger partial charge in [0.2, 0.25) is 15.9 Å². The topological polar surface area (TPSA) is 105 Å². The Labute approximate surface area is 170 Å². The van der Waals surface area contributed by atoms with E-state index in [9.17, 15) is 18.0 Å². The van der Waals surface area contributed by atoms with Gasteiger partial charge in [0.25, 0.3) is 5.91 Å². The Hall–Kier alpha value is -2.91. The zero-order chi connectivity index (χ0) is 21.4. The van der Waals surface area contributed by atoms with Crippen molar-refractivity contribution in [3.63, 3.8) is 0 Å². The number of rotatable bonds is 8. The van der Waals surface area contributed by atoms with Gasteiger partial charge in [0.15, 0.2) is 0 Å². The van der Waals surface area contributed by atoms with Gasteiger partial charge in [-0.2, -0.15) is 4.31 Å². The lowest BCUT2D eigenvalue weighted by Crippen LogP contribution is -2.47. The summed E-state index contributed by atoms with van der Waals surface area (Å²) in [7, 11) is -2.50. The molecule has 0 atom stereocenters. The van der Waals surface area contributed by atoms with E-state index in [1.165, 1.54) is 19.2 Å². The lowest BCUT2D eigenvalue weighted by Gasteiger charge is -2.17. The standard InChI is InChI=1S/C20H25N3O5S/c1-15-4-8-17(9-5-15)28-13-12-19(24)21-22-20(25)14-23(3)29(26,27)18-10-6-16(2)7-11-18/h4-11H,12-14H2,1-3H3,(H,21,24)(H,22,25). The molecule has 0 saturated carbocycles. The first kappa shape index (κ1) is 22.4. The summed E-state index contributed by atoms with van der Waals surface area (Å²) in [6, 6.07) is 13.7. The van der Waals surface area contributed by atoms with Crippen LogP contribution in [0.1, 0.15) is 17.5 Å². The molecule has 9 heteroatoms. The third-order valence-corrected chi connectivity index (χ3v) is 5.87. The molecular formula is C20H25N3O5S. The van der Waals surface area contributed by atoms with E-state index in [4.69, 9.17) is 4.74 Å². The second-order valence-electron chi connectivity index (χ2n) is 6.58. The van der Waals surface area contributed by atoms with Gasteiger partial charge in [-0.1, -0.05) is 35.4 Å². The molecule has 8 nitrogen and oxygen atoms in total. The summed E-state index contributed by atoms with van der Waals surface area (Å²) in [6.45, 7) is 3.52. The van der Waals surface area contributed by atoms with Gasteiger partial charge >= 0.3 is 0 Å². The largest absolute Gasteiger partial charge is 0.493 e. The number of likely N-dealkylation sites (N-methyl/N-ethyl adjacent to an activating group) is 1. The van der Waals surface area contributed by atoms with Gasteiger partial charge in [0.1, 0.15) is 5.75 Å². The summed E-state index contributed by atoms with van der Waals surface area (Å²) in [6.07, 6.45) is 0.0334. The van der Waals surface area contributed by atoms with Crippen LogP contribution in [0, 0.1) is 13.8 Å². The molecule has 2 aromatic carbocycles. The molecule has 0 radical (unpaired) electrons. The Morgan fingerprint density at radius 3 is 2.00 bits per heavy atom. The molecule has 0 heterocycles.